The number of hydrogen-bond donors (Lipinski definition) is 1. The number of urea groups is 1. The van der Waals surface area contributed by atoms with Crippen LogP contribution in [0.2, 0.25) is 0 Å². The summed E-state index contributed by atoms with van der Waals surface area (Å²) in [6.07, 6.45) is 0. The topological polar surface area (TPSA) is 52.6 Å². The normalized spacial score (nSPS) is 20.4. The molecule has 3 amide bonds. The predicted molar refractivity (Wildman–Crippen MR) is 118 cm³/mol. The molecule has 2 atom stereocenters. The Bertz CT molecular complexity index is 704. The minimum atomic E-state index is -0.281. The summed E-state index contributed by atoms with van der Waals surface area (Å²) in [5, 5.41) is 2.88. The van der Waals surface area contributed by atoms with E-state index < -0.39 is 0 Å². The molecule has 0 bridgehead atoms. The lowest BCUT2D eigenvalue weighted by Crippen LogP contribution is -2.49. The fourth-order valence-corrected chi connectivity index (χ4v) is 4.39. The molecule has 0 aromatic heterocycles. The van der Waals surface area contributed by atoms with E-state index in [1.807, 2.05) is 32.6 Å². The van der Waals surface area contributed by atoms with Gasteiger partial charge in [0.2, 0.25) is 5.91 Å². The van der Waals surface area contributed by atoms with Gasteiger partial charge in [0.15, 0.2) is 0 Å². The zero-order valence-electron chi connectivity index (χ0n) is 18.5. The maximum absolute atomic E-state index is 12.7. The molecule has 28 heavy (non-hydrogen) atoms. The summed E-state index contributed by atoms with van der Waals surface area (Å²) in [7, 11) is 1.77. The van der Waals surface area contributed by atoms with E-state index in [0.29, 0.717) is 13.1 Å². The van der Waals surface area contributed by atoms with Crippen molar-refractivity contribution in [2.75, 3.05) is 20.1 Å². The van der Waals surface area contributed by atoms with Gasteiger partial charge in [0.05, 0.1) is 5.25 Å². The van der Waals surface area contributed by atoms with Crippen molar-refractivity contribution in [3.8, 4) is 0 Å². The third kappa shape index (κ3) is 5.66. The molecule has 1 aliphatic heterocycles. The van der Waals surface area contributed by atoms with Gasteiger partial charge in [-0.25, -0.2) is 4.79 Å². The molecule has 0 aliphatic carbocycles. The maximum atomic E-state index is 12.7. The summed E-state index contributed by atoms with van der Waals surface area (Å²) >= 11 is 1.68. The maximum Gasteiger partial charge on any atom is 0.317 e. The van der Waals surface area contributed by atoms with E-state index in [4.69, 9.17) is 0 Å². The Morgan fingerprint density at radius 3 is 2.21 bits per heavy atom. The molecule has 5 nitrogen and oxygen atoms in total. The lowest BCUT2D eigenvalue weighted by molar-refractivity contribution is -0.129. The monoisotopic (exact) mass is 405 g/mol. The first kappa shape index (κ1) is 22.6. The van der Waals surface area contributed by atoms with Crippen LogP contribution in [-0.2, 0) is 10.2 Å². The molecule has 1 aliphatic rings. The molecule has 0 spiro atoms. The van der Waals surface area contributed by atoms with E-state index in [0.717, 1.165) is 5.56 Å². The highest BCUT2D eigenvalue weighted by Gasteiger charge is 2.38. The Morgan fingerprint density at radius 1 is 1.14 bits per heavy atom. The highest BCUT2D eigenvalue weighted by atomic mass is 32.2. The van der Waals surface area contributed by atoms with E-state index >= 15 is 0 Å². The van der Waals surface area contributed by atoms with Crippen LogP contribution >= 0.6 is 11.8 Å². The van der Waals surface area contributed by atoms with Crippen molar-refractivity contribution in [2.24, 2.45) is 0 Å². The summed E-state index contributed by atoms with van der Waals surface area (Å²) in [5.74, 6) is 0.138. The van der Waals surface area contributed by atoms with Gasteiger partial charge in [-0.15, -0.1) is 11.8 Å². The molecule has 1 aromatic rings. The van der Waals surface area contributed by atoms with Crippen molar-refractivity contribution >= 4 is 23.7 Å². The van der Waals surface area contributed by atoms with Gasteiger partial charge in [0.1, 0.15) is 5.37 Å². The smallest absolute Gasteiger partial charge is 0.317 e. The summed E-state index contributed by atoms with van der Waals surface area (Å²) < 4.78 is 0. The van der Waals surface area contributed by atoms with E-state index in [9.17, 15) is 9.59 Å². The molecule has 1 heterocycles. The molecular formula is C22H35N3O2S. The summed E-state index contributed by atoms with van der Waals surface area (Å²) in [6, 6.07) is 8.46. The molecule has 0 radical (unpaired) electrons. The van der Waals surface area contributed by atoms with Crippen LogP contribution in [-0.4, -0.2) is 52.7 Å². The zero-order chi connectivity index (χ0) is 21.3. The van der Waals surface area contributed by atoms with Crippen LogP contribution < -0.4 is 5.32 Å². The van der Waals surface area contributed by atoms with Gasteiger partial charge in [-0.1, -0.05) is 45.0 Å². The quantitative estimate of drug-likeness (QED) is 0.808. The van der Waals surface area contributed by atoms with Gasteiger partial charge in [0.25, 0.3) is 0 Å². The number of thioether (sulfide) groups is 1. The summed E-state index contributed by atoms with van der Waals surface area (Å²) in [4.78, 5) is 28.6. The molecule has 1 fully saturated rings. The number of likely N-dealkylation sites (N-methyl/N-ethyl adjacent to an activating group) is 1. The minimum Gasteiger partial charge on any atom is -0.333 e. The lowest BCUT2D eigenvalue weighted by Gasteiger charge is -2.29. The standard InChI is InChI=1S/C22H35N3O2S/c1-15-18(26)25(14-13-24(8)20(27)23-22(5,6)7)19(28-15)16-9-11-17(12-10-16)21(2,3)4/h9-12,15,19H,13-14H2,1-8H3,(H,23,27)/t15-,19-/m1/s1. The van der Waals surface area contributed by atoms with Crippen LogP contribution in [0, 0.1) is 0 Å². The number of carbonyl (C=O) groups is 2. The van der Waals surface area contributed by atoms with Crippen molar-refractivity contribution in [2.45, 2.75) is 70.0 Å². The number of hydrogen-bond acceptors (Lipinski definition) is 3. The van der Waals surface area contributed by atoms with E-state index in [2.05, 4.69) is 50.4 Å². The number of rotatable bonds is 4. The van der Waals surface area contributed by atoms with E-state index in [1.165, 1.54) is 5.56 Å². The fourth-order valence-electron chi connectivity index (χ4n) is 3.08. The highest BCUT2D eigenvalue weighted by molar-refractivity contribution is 8.01. The molecule has 0 unspecified atom stereocenters. The molecule has 156 valence electrons. The van der Waals surface area contributed by atoms with Crippen molar-refractivity contribution < 1.29 is 9.59 Å². The Morgan fingerprint density at radius 2 is 1.71 bits per heavy atom. The van der Waals surface area contributed by atoms with Crippen LogP contribution in [0.3, 0.4) is 0 Å². The fraction of sp³-hybridized carbons (Fsp3) is 0.636. The minimum absolute atomic E-state index is 0.00408. The third-order valence-corrected chi connectivity index (χ3v) is 6.21. The number of nitrogens with one attached hydrogen (secondary N) is 1. The SMILES string of the molecule is C[C@H]1S[C@H](c2ccc(C(C)(C)C)cc2)N(CCN(C)C(=O)NC(C)(C)C)C1=O. The van der Waals surface area contributed by atoms with Crippen molar-refractivity contribution in [1.29, 1.82) is 0 Å². The first-order chi connectivity index (χ1) is 12.8. The molecule has 1 saturated heterocycles. The van der Waals surface area contributed by atoms with Gasteiger partial charge in [0, 0.05) is 25.7 Å². The number of nitrogens with zero attached hydrogens (tertiary/aromatic N) is 2. The van der Waals surface area contributed by atoms with E-state index in [-0.39, 0.29) is 33.5 Å². The molecule has 0 saturated carbocycles. The van der Waals surface area contributed by atoms with Crippen LogP contribution in [0.5, 0.6) is 0 Å². The highest BCUT2D eigenvalue weighted by Crippen LogP contribution is 2.43. The second-order valence-corrected chi connectivity index (χ2v) is 11.1. The number of amides is 3. The third-order valence-electron chi connectivity index (χ3n) is 4.81. The average Bonchev–Trinajstić information content (AvgIpc) is 2.85. The number of carbonyl (C=O) groups excluding carboxylic acids is 2. The molecule has 6 heteroatoms. The van der Waals surface area contributed by atoms with Gasteiger partial charge in [-0.2, -0.15) is 0 Å². The van der Waals surface area contributed by atoms with Crippen LogP contribution in [0.25, 0.3) is 0 Å². The Hall–Kier alpha value is -1.69. The second-order valence-electron chi connectivity index (χ2n) is 9.64. The first-order valence-corrected chi connectivity index (χ1v) is 10.8. The predicted octanol–water partition coefficient (Wildman–Crippen LogP) is 4.39. The molecule has 1 aromatic carbocycles. The van der Waals surface area contributed by atoms with Crippen LogP contribution in [0.15, 0.2) is 24.3 Å². The van der Waals surface area contributed by atoms with Gasteiger partial charge >= 0.3 is 6.03 Å². The first-order valence-electron chi connectivity index (χ1n) is 9.89. The Balaban J connectivity index is 2.09. The van der Waals surface area contributed by atoms with Crippen LogP contribution in [0.4, 0.5) is 4.79 Å². The summed E-state index contributed by atoms with van der Waals surface area (Å²) in [6.45, 7) is 15.4. The summed E-state index contributed by atoms with van der Waals surface area (Å²) in [5.41, 5.74) is 2.24. The Kier molecular flexibility index (Phi) is 6.74. The van der Waals surface area contributed by atoms with Crippen LogP contribution in [0.1, 0.15) is 65.0 Å². The van der Waals surface area contributed by atoms with Crippen molar-refractivity contribution in [3.05, 3.63) is 35.4 Å². The van der Waals surface area contributed by atoms with Crippen molar-refractivity contribution in [1.82, 2.24) is 15.1 Å². The average molecular weight is 406 g/mol. The Labute approximate surface area is 174 Å². The van der Waals surface area contributed by atoms with Crippen molar-refractivity contribution in [3.63, 3.8) is 0 Å². The molecule has 1 N–H and O–H groups in total. The van der Waals surface area contributed by atoms with Gasteiger partial charge in [-0.3, -0.25) is 4.79 Å². The zero-order valence-corrected chi connectivity index (χ0v) is 19.3. The largest absolute Gasteiger partial charge is 0.333 e. The molecule has 2 rings (SSSR count). The second kappa shape index (κ2) is 8.36. The lowest BCUT2D eigenvalue weighted by atomic mass is 9.86. The van der Waals surface area contributed by atoms with Gasteiger partial charge < -0.3 is 15.1 Å². The molecular weight excluding hydrogens is 370 g/mol. The van der Waals surface area contributed by atoms with Gasteiger partial charge in [-0.05, 0) is 44.2 Å². The number of benzene rings is 1. The van der Waals surface area contributed by atoms with E-state index in [1.54, 1.807) is 23.7 Å².